The number of hydrogen-bond donors (Lipinski definition) is 4. The van der Waals surface area contributed by atoms with Crippen molar-refractivity contribution in [1.29, 1.82) is 0 Å². The number of hydrogen-bond acceptors (Lipinski definition) is 5. The SMILES string of the molecule is O=C(O)C(F)(F)F.O=C(O)c1cccnc1NCC(F)(F)CO. The lowest BCUT2D eigenvalue weighted by atomic mass is 10.2. The van der Waals surface area contributed by atoms with Crippen LogP contribution in [0.4, 0.5) is 27.8 Å². The van der Waals surface area contributed by atoms with Crippen molar-refractivity contribution < 1.29 is 46.9 Å². The van der Waals surface area contributed by atoms with E-state index in [0.29, 0.717) is 0 Å². The highest BCUT2D eigenvalue weighted by molar-refractivity contribution is 5.92. The molecular formula is C11H11F5N2O5. The fraction of sp³-hybridized carbons (Fsp3) is 0.364. The summed E-state index contributed by atoms with van der Waals surface area (Å²) < 4.78 is 57.1. The molecule has 0 unspecified atom stereocenters. The number of aromatic carboxylic acids is 1. The van der Waals surface area contributed by atoms with Gasteiger partial charge in [-0.15, -0.1) is 0 Å². The van der Waals surface area contributed by atoms with Gasteiger partial charge >= 0.3 is 18.1 Å². The molecule has 1 aromatic rings. The van der Waals surface area contributed by atoms with E-state index in [1.165, 1.54) is 18.3 Å². The van der Waals surface area contributed by atoms with Gasteiger partial charge in [-0.05, 0) is 12.1 Å². The number of alkyl halides is 5. The summed E-state index contributed by atoms with van der Waals surface area (Å²) in [6, 6.07) is 2.63. The number of aliphatic carboxylic acids is 1. The van der Waals surface area contributed by atoms with E-state index in [1.807, 2.05) is 0 Å². The van der Waals surface area contributed by atoms with Crippen molar-refractivity contribution in [2.45, 2.75) is 12.1 Å². The number of aliphatic hydroxyl groups is 1. The van der Waals surface area contributed by atoms with Gasteiger partial charge in [-0.25, -0.2) is 23.4 Å². The standard InChI is InChI=1S/C9H10F2N2O3.C2HF3O2/c10-9(11,5-14)4-13-7-6(8(15)16)2-1-3-12-7;3-2(4,5)1(6)7/h1-3,14H,4-5H2,(H,12,13)(H,15,16);(H,6,7). The van der Waals surface area contributed by atoms with Crippen LogP contribution in [-0.2, 0) is 4.79 Å². The number of aromatic nitrogens is 1. The minimum Gasteiger partial charge on any atom is -0.478 e. The average Bonchev–Trinajstić information content (AvgIpc) is 2.45. The summed E-state index contributed by atoms with van der Waals surface area (Å²) in [7, 11) is 0. The van der Waals surface area contributed by atoms with Gasteiger partial charge in [0.05, 0.1) is 6.54 Å². The molecule has 0 aliphatic heterocycles. The molecule has 0 aromatic carbocycles. The van der Waals surface area contributed by atoms with E-state index in [0.717, 1.165) is 0 Å². The first-order valence-electron chi connectivity index (χ1n) is 5.61. The molecule has 0 radical (unpaired) electrons. The van der Waals surface area contributed by atoms with E-state index in [9.17, 15) is 26.7 Å². The van der Waals surface area contributed by atoms with Crippen molar-refractivity contribution in [3.8, 4) is 0 Å². The minimum atomic E-state index is -5.08. The Morgan fingerprint density at radius 1 is 1.17 bits per heavy atom. The summed E-state index contributed by atoms with van der Waals surface area (Å²) in [5.41, 5.74) is -0.198. The Labute approximate surface area is 125 Å². The maximum atomic E-state index is 12.7. The molecule has 1 rings (SSSR count). The lowest BCUT2D eigenvalue weighted by molar-refractivity contribution is -0.192. The predicted octanol–water partition coefficient (Wildman–Crippen LogP) is 1.45. The van der Waals surface area contributed by atoms with Crippen LogP contribution in [0.5, 0.6) is 0 Å². The maximum absolute atomic E-state index is 12.7. The van der Waals surface area contributed by atoms with Gasteiger partial charge in [0.15, 0.2) is 0 Å². The van der Waals surface area contributed by atoms with Crippen molar-refractivity contribution in [2.75, 3.05) is 18.5 Å². The molecule has 0 amide bonds. The van der Waals surface area contributed by atoms with Gasteiger partial charge in [-0.1, -0.05) is 0 Å². The number of anilines is 1. The first-order valence-corrected chi connectivity index (χ1v) is 5.61. The number of rotatable bonds is 5. The van der Waals surface area contributed by atoms with Crippen LogP contribution >= 0.6 is 0 Å². The van der Waals surface area contributed by atoms with E-state index in [-0.39, 0.29) is 11.4 Å². The summed E-state index contributed by atoms with van der Waals surface area (Å²) in [4.78, 5) is 23.2. The van der Waals surface area contributed by atoms with E-state index in [1.54, 1.807) is 0 Å². The molecule has 0 fully saturated rings. The van der Waals surface area contributed by atoms with E-state index < -0.39 is 37.2 Å². The second-order valence-corrected chi connectivity index (χ2v) is 3.88. The van der Waals surface area contributed by atoms with E-state index >= 15 is 0 Å². The fourth-order valence-electron chi connectivity index (χ4n) is 0.988. The van der Waals surface area contributed by atoms with Gasteiger partial charge in [-0.3, -0.25) is 0 Å². The number of nitrogens with one attached hydrogen (secondary N) is 1. The lowest BCUT2D eigenvalue weighted by Gasteiger charge is -2.15. The summed E-state index contributed by atoms with van der Waals surface area (Å²) in [6.07, 6.45) is -3.80. The summed E-state index contributed by atoms with van der Waals surface area (Å²) in [5.74, 6) is -7.48. The highest BCUT2D eigenvalue weighted by Gasteiger charge is 2.38. The highest BCUT2D eigenvalue weighted by atomic mass is 19.4. The molecule has 23 heavy (non-hydrogen) atoms. The molecule has 1 aromatic heterocycles. The van der Waals surface area contributed by atoms with Crippen LogP contribution in [0.1, 0.15) is 10.4 Å². The quantitative estimate of drug-likeness (QED) is 0.596. The van der Waals surface area contributed by atoms with Crippen LogP contribution < -0.4 is 5.32 Å². The van der Waals surface area contributed by atoms with Crippen LogP contribution in [-0.4, -0.2) is 57.5 Å². The maximum Gasteiger partial charge on any atom is 0.490 e. The topological polar surface area (TPSA) is 120 Å². The van der Waals surface area contributed by atoms with Gasteiger partial charge in [-0.2, -0.15) is 13.2 Å². The molecule has 0 bridgehead atoms. The predicted molar refractivity (Wildman–Crippen MR) is 65.4 cm³/mol. The van der Waals surface area contributed by atoms with Gasteiger partial charge in [0, 0.05) is 6.20 Å². The molecule has 4 N–H and O–H groups in total. The first kappa shape index (κ1) is 20.5. The Bertz CT molecular complexity index is 550. The number of aliphatic hydroxyl groups excluding tert-OH is 1. The van der Waals surface area contributed by atoms with Crippen molar-refractivity contribution in [3.05, 3.63) is 23.9 Å². The van der Waals surface area contributed by atoms with Gasteiger partial charge < -0.3 is 20.6 Å². The Morgan fingerprint density at radius 3 is 2.09 bits per heavy atom. The first-order chi connectivity index (χ1) is 10.4. The van der Waals surface area contributed by atoms with Crippen molar-refractivity contribution in [3.63, 3.8) is 0 Å². The van der Waals surface area contributed by atoms with Crippen LogP contribution in [0.2, 0.25) is 0 Å². The molecule has 0 saturated carbocycles. The van der Waals surface area contributed by atoms with Crippen LogP contribution in [0, 0.1) is 0 Å². The largest absolute Gasteiger partial charge is 0.490 e. The third kappa shape index (κ3) is 7.90. The third-order valence-electron chi connectivity index (χ3n) is 2.03. The Morgan fingerprint density at radius 2 is 1.70 bits per heavy atom. The monoisotopic (exact) mass is 346 g/mol. The molecule has 0 atom stereocenters. The fourth-order valence-corrected chi connectivity index (χ4v) is 0.988. The molecule has 0 saturated heterocycles. The van der Waals surface area contributed by atoms with E-state index in [4.69, 9.17) is 20.1 Å². The zero-order valence-electron chi connectivity index (χ0n) is 11.1. The summed E-state index contributed by atoms with van der Waals surface area (Å²) >= 11 is 0. The average molecular weight is 346 g/mol. The number of carboxylic acids is 2. The zero-order valence-corrected chi connectivity index (χ0v) is 11.1. The Hall–Kier alpha value is -2.50. The number of pyridine rings is 1. The normalized spacial score (nSPS) is 11.2. The summed E-state index contributed by atoms with van der Waals surface area (Å²) in [5, 5.41) is 26.4. The Kier molecular flexibility index (Phi) is 7.32. The Balaban J connectivity index is 0.000000585. The van der Waals surface area contributed by atoms with Crippen LogP contribution in [0.15, 0.2) is 18.3 Å². The molecule has 0 spiro atoms. The second kappa shape index (κ2) is 8.22. The smallest absolute Gasteiger partial charge is 0.478 e. The van der Waals surface area contributed by atoms with Gasteiger partial charge in [0.25, 0.3) is 5.92 Å². The van der Waals surface area contributed by atoms with Crippen LogP contribution in [0.3, 0.4) is 0 Å². The van der Waals surface area contributed by atoms with Gasteiger partial charge in [0.1, 0.15) is 18.0 Å². The number of carbonyl (C=O) groups is 2. The molecule has 7 nitrogen and oxygen atoms in total. The molecule has 12 heteroatoms. The molecule has 0 aliphatic carbocycles. The van der Waals surface area contributed by atoms with Crippen molar-refractivity contribution >= 4 is 17.8 Å². The number of carboxylic acid groups (broad SMARTS) is 2. The highest BCUT2D eigenvalue weighted by Crippen LogP contribution is 2.16. The molecular weight excluding hydrogens is 335 g/mol. The third-order valence-corrected chi connectivity index (χ3v) is 2.03. The summed E-state index contributed by atoms with van der Waals surface area (Å²) in [6.45, 7) is -2.18. The second-order valence-electron chi connectivity index (χ2n) is 3.88. The molecule has 1 heterocycles. The zero-order chi connectivity index (χ0) is 18.3. The van der Waals surface area contributed by atoms with E-state index in [2.05, 4.69) is 10.3 Å². The molecule has 0 aliphatic rings. The number of halogens is 5. The van der Waals surface area contributed by atoms with Crippen molar-refractivity contribution in [2.24, 2.45) is 0 Å². The minimum absolute atomic E-state index is 0.150. The van der Waals surface area contributed by atoms with Gasteiger partial charge in [0.2, 0.25) is 0 Å². The molecule has 130 valence electrons. The lowest BCUT2D eigenvalue weighted by Crippen LogP contribution is -2.31. The number of nitrogens with zero attached hydrogens (tertiary/aromatic N) is 1. The van der Waals surface area contributed by atoms with Crippen molar-refractivity contribution in [1.82, 2.24) is 4.98 Å². The van der Waals surface area contributed by atoms with Crippen LogP contribution in [0.25, 0.3) is 0 Å².